The molecule has 5 heterocycles. The Bertz CT molecular complexity index is 2190. The first kappa shape index (κ1) is 54.2. The van der Waals surface area contributed by atoms with Crippen molar-refractivity contribution in [3.63, 3.8) is 0 Å². The van der Waals surface area contributed by atoms with Crippen molar-refractivity contribution in [3.8, 4) is 0 Å². The Hall–Kier alpha value is -6.37. The zero-order valence-corrected chi connectivity index (χ0v) is 40.1. The zero-order valence-electron chi connectivity index (χ0n) is 39.3. The van der Waals surface area contributed by atoms with E-state index in [2.05, 4.69) is 46.4 Å². The van der Waals surface area contributed by atoms with Crippen LogP contribution in [-0.4, -0.2) is 120 Å². The lowest BCUT2D eigenvalue weighted by Crippen LogP contribution is -2.59. The van der Waals surface area contributed by atoms with Gasteiger partial charge in [0.25, 0.3) is 5.91 Å². The number of oxime groups is 3. The normalized spacial score (nSPS) is 19.9. The van der Waals surface area contributed by atoms with Crippen molar-refractivity contribution in [2.45, 2.75) is 135 Å². The van der Waals surface area contributed by atoms with E-state index in [-0.39, 0.29) is 36.5 Å². The van der Waals surface area contributed by atoms with Gasteiger partial charge in [0.2, 0.25) is 23.5 Å². The molecule has 0 radical (unpaired) electrons. The van der Waals surface area contributed by atoms with Gasteiger partial charge in [-0.05, 0) is 73.8 Å². The van der Waals surface area contributed by atoms with Crippen molar-refractivity contribution in [2.75, 3.05) is 13.7 Å². The Morgan fingerprint density at radius 2 is 1.60 bits per heavy atom. The van der Waals surface area contributed by atoms with Gasteiger partial charge in [0, 0.05) is 79.2 Å². The predicted octanol–water partition coefficient (Wildman–Crippen LogP) is 6.11. The van der Waals surface area contributed by atoms with E-state index in [1.807, 2.05) is 33.8 Å². The average molecular weight is 964 g/mol. The number of amides is 4. The molecular weight excluding hydrogens is 899 g/mol. The summed E-state index contributed by atoms with van der Waals surface area (Å²) in [6, 6.07) is 7.73. The lowest BCUT2D eigenvalue weighted by atomic mass is 9.84. The average Bonchev–Trinajstić information content (AvgIpc) is 3.95. The highest BCUT2D eigenvalue weighted by Crippen LogP contribution is 2.40. The van der Waals surface area contributed by atoms with E-state index in [1.165, 1.54) is 23.7 Å². The molecule has 3 aromatic heterocycles. The number of hydrogen-bond acceptors (Lipinski definition) is 14. The van der Waals surface area contributed by atoms with Crippen LogP contribution in [-0.2, 0) is 28.8 Å². The van der Waals surface area contributed by atoms with Gasteiger partial charge in [-0.15, -0.1) is 0 Å². The third kappa shape index (κ3) is 16.4. The molecule has 68 heavy (non-hydrogen) atoms. The van der Waals surface area contributed by atoms with E-state index in [4.69, 9.17) is 26.9 Å². The number of nitrogens with one attached hydrogen (secondary N) is 3. The first-order valence-corrected chi connectivity index (χ1v) is 23.2. The molecule has 4 amide bonds. The molecule has 2 aliphatic heterocycles. The van der Waals surface area contributed by atoms with Gasteiger partial charge < -0.3 is 36.1 Å². The van der Waals surface area contributed by atoms with Crippen LogP contribution in [0.3, 0.4) is 0 Å². The van der Waals surface area contributed by atoms with Crippen LogP contribution >= 0.6 is 11.6 Å². The smallest absolute Gasteiger partial charge is 0.289 e. The van der Waals surface area contributed by atoms with Crippen LogP contribution < -0.4 is 16.0 Å². The van der Waals surface area contributed by atoms with Crippen LogP contribution in [0, 0.1) is 11.3 Å². The van der Waals surface area contributed by atoms with Gasteiger partial charge in [0.15, 0.2) is 10.8 Å². The SMILES string of the molecule is CCC[C@H](NC(=O)[C@@H]1C[C@]2(CC(c3cccnc3)=NO2)CN1C(=O)[C@@H](NC(=O)CC1CCCCC1)C(C)(C)C)C(=O)C(=O)NC1CC1.CF.O/N=C(\Cl)c1cccnc1.O/N=C/c1cccnc1. The minimum Gasteiger partial charge on any atom is -0.411 e. The third-order valence-corrected chi connectivity index (χ3v) is 12.0. The van der Waals surface area contributed by atoms with Crippen molar-refractivity contribution in [2.24, 2.45) is 26.8 Å². The molecule has 1 spiro atoms. The fraction of sp³-hybridized carbons (Fsp3) is 0.521. The van der Waals surface area contributed by atoms with Gasteiger partial charge >= 0.3 is 0 Å². The number of hydrogen-bond donors (Lipinski definition) is 5. The number of rotatable bonds is 14. The molecule has 4 atom stereocenters. The molecule has 20 heteroatoms. The molecular formula is C48H64ClFN10O8. The number of alkyl halides is 1. The first-order chi connectivity index (χ1) is 32.7. The summed E-state index contributed by atoms with van der Waals surface area (Å²) >= 11 is 5.45. The fourth-order valence-electron chi connectivity index (χ4n) is 8.03. The lowest BCUT2D eigenvalue weighted by molar-refractivity contribution is -0.145. The van der Waals surface area contributed by atoms with Crippen LogP contribution in [0.2, 0.25) is 0 Å². The van der Waals surface area contributed by atoms with Gasteiger partial charge in [0.1, 0.15) is 12.1 Å². The van der Waals surface area contributed by atoms with Gasteiger partial charge in [-0.25, -0.2) is 0 Å². The van der Waals surface area contributed by atoms with Crippen molar-refractivity contribution >= 4 is 58.1 Å². The molecule has 2 aliphatic carbocycles. The number of nitrogens with zero attached hydrogens (tertiary/aromatic N) is 7. The number of likely N-dealkylation sites (tertiary alicyclic amines) is 1. The number of halogens is 2. The largest absolute Gasteiger partial charge is 0.411 e. The number of aromatic nitrogens is 3. The lowest BCUT2D eigenvalue weighted by Gasteiger charge is -2.36. The van der Waals surface area contributed by atoms with Gasteiger partial charge in [-0.2, -0.15) is 0 Å². The summed E-state index contributed by atoms with van der Waals surface area (Å²) in [6.45, 7) is 7.61. The van der Waals surface area contributed by atoms with E-state index in [0.717, 1.165) is 49.7 Å². The van der Waals surface area contributed by atoms with Crippen LogP contribution in [0.1, 0.15) is 121 Å². The summed E-state index contributed by atoms with van der Waals surface area (Å²) in [5.41, 5.74) is 1.20. The molecule has 5 N–H and O–H groups in total. The summed E-state index contributed by atoms with van der Waals surface area (Å²) in [7, 11) is 0.500. The molecule has 1 saturated heterocycles. The molecule has 3 fully saturated rings. The highest BCUT2D eigenvalue weighted by molar-refractivity contribution is 6.69. The maximum absolute atomic E-state index is 14.5. The molecule has 0 aromatic carbocycles. The molecule has 4 aliphatic rings. The summed E-state index contributed by atoms with van der Waals surface area (Å²) in [5.74, 6) is -2.21. The second kappa shape index (κ2) is 26.8. The standard InChI is InChI=1S/C35H50N6O6.C6H5ClN2O.C6H6N2O.CH3F/c1-5-10-25(29(43)32(45)37-24-14-15-24)38-31(44)27-19-35(18-26(40-47-35)23-13-9-16-36-20-23)21-41(27)33(46)30(34(2,3)4)39-28(42)17-22-11-7-6-8-12-22;7-6(9-10)5-2-1-3-8-4-5;9-8-5-6-2-1-3-7-4-6;1-2/h9,13,16,20,22,24-25,27,30H,5-8,10-12,14-15,17-19,21H2,1-4H3,(H,37,45)(H,38,44)(H,39,42);1-4,10H;1-5,9H;1H3/b;9-6-;8-5+;/t25-,27-,30+,35+;;;/m0.../s1. The number of Topliss-reactive ketones (excluding diaryl/α,β-unsaturated/α-hetero) is 1. The Balaban J connectivity index is 0.000000393. The Labute approximate surface area is 401 Å². The Morgan fingerprint density at radius 3 is 2.16 bits per heavy atom. The van der Waals surface area contributed by atoms with Crippen molar-refractivity contribution in [1.29, 1.82) is 0 Å². The topological polar surface area (TPSA) is 250 Å². The molecule has 7 rings (SSSR count). The maximum Gasteiger partial charge on any atom is 0.289 e. The molecule has 0 bridgehead atoms. The van der Waals surface area contributed by atoms with Crippen LogP contribution in [0.4, 0.5) is 4.39 Å². The Kier molecular flexibility index (Phi) is 21.4. The zero-order chi connectivity index (χ0) is 49.7. The van der Waals surface area contributed by atoms with Crippen molar-refractivity contribution in [3.05, 3.63) is 90.3 Å². The van der Waals surface area contributed by atoms with E-state index < -0.39 is 52.6 Å². The molecule has 3 aromatic rings. The number of carbonyl (C=O) groups excluding carboxylic acids is 5. The monoisotopic (exact) mass is 962 g/mol. The van der Waals surface area contributed by atoms with Crippen LogP contribution in [0.25, 0.3) is 0 Å². The predicted molar refractivity (Wildman–Crippen MR) is 254 cm³/mol. The van der Waals surface area contributed by atoms with E-state index in [1.54, 1.807) is 61.3 Å². The van der Waals surface area contributed by atoms with Gasteiger partial charge in [0.05, 0.1) is 31.7 Å². The maximum atomic E-state index is 14.5. The Morgan fingerprint density at radius 1 is 0.941 bits per heavy atom. The second-order valence-electron chi connectivity index (χ2n) is 18.1. The van der Waals surface area contributed by atoms with E-state index in [9.17, 15) is 28.4 Å². The third-order valence-electron chi connectivity index (χ3n) is 11.7. The van der Waals surface area contributed by atoms with Gasteiger partial charge in [-0.1, -0.05) is 86.5 Å². The second-order valence-corrected chi connectivity index (χ2v) is 18.5. The molecule has 18 nitrogen and oxygen atoms in total. The summed E-state index contributed by atoms with van der Waals surface area (Å²) in [6.07, 6.45) is 19.9. The number of carbonyl (C=O) groups is 5. The summed E-state index contributed by atoms with van der Waals surface area (Å²) < 4.78 is 9.50. The van der Waals surface area contributed by atoms with Crippen LogP contribution in [0.5, 0.6) is 0 Å². The molecule has 2 saturated carbocycles. The minimum atomic E-state index is -1.03. The number of ketones is 1. The molecule has 368 valence electrons. The van der Waals surface area contributed by atoms with Crippen molar-refractivity contribution in [1.82, 2.24) is 35.8 Å². The summed E-state index contributed by atoms with van der Waals surface area (Å²) in [5, 5.41) is 34.9. The summed E-state index contributed by atoms with van der Waals surface area (Å²) in [4.78, 5) is 86.9. The first-order valence-electron chi connectivity index (χ1n) is 22.8. The fourth-order valence-corrected chi connectivity index (χ4v) is 8.15. The van der Waals surface area contributed by atoms with Gasteiger partial charge in [-0.3, -0.25) is 43.3 Å². The number of pyridine rings is 3. The quantitative estimate of drug-likeness (QED) is 0.0534. The highest BCUT2D eigenvalue weighted by atomic mass is 35.5. The van der Waals surface area contributed by atoms with E-state index in [0.29, 0.717) is 43.6 Å². The van der Waals surface area contributed by atoms with Crippen LogP contribution in [0.15, 0.2) is 89.0 Å². The van der Waals surface area contributed by atoms with Crippen molar-refractivity contribution < 1.29 is 43.6 Å². The highest BCUT2D eigenvalue weighted by Gasteiger charge is 2.55. The minimum absolute atomic E-state index is 0.00316. The molecule has 0 unspecified atom stereocenters. The van der Waals surface area contributed by atoms with E-state index >= 15 is 0 Å².